The third kappa shape index (κ3) is 5.13. The van der Waals surface area contributed by atoms with Gasteiger partial charge in [0.25, 0.3) is 5.91 Å². The summed E-state index contributed by atoms with van der Waals surface area (Å²) >= 11 is 0. The van der Waals surface area contributed by atoms with E-state index in [2.05, 4.69) is 60.6 Å². The van der Waals surface area contributed by atoms with Crippen LogP contribution in [0.15, 0.2) is 67.0 Å². The molecule has 0 unspecified atom stereocenters. The van der Waals surface area contributed by atoms with Crippen molar-refractivity contribution in [3.63, 3.8) is 0 Å². The van der Waals surface area contributed by atoms with E-state index in [-0.39, 0.29) is 11.7 Å². The molecule has 0 saturated carbocycles. The summed E-state index contributed by atoms with van der Waals surface area (Å²) in [6.45, 7) is 7.02. The quantitative estimate of drug-likeness (QED) is 0.413. The average molecular weight is 483 g/mol. The summed E-state index contributed by atoms with van der Waals surface area (Å²) in [5.41, 5.74) is 3.59. The van der Waals surface area contributed by atoms with E-state index >= 15 is 0 Å². The number of rotatable bonds is 7. The average Bonchev–Trinajstić information content (AvgIpc) is 2.92. The number of anilines is 1. The van der Waals surface area contributed by atoms with Crippen molar-refractivity contribution >= 4 is 22.5 Å². The molecule has 1 fully saturated rings. The number of nitrogens with zero attached hydrogens (tertiary/aromatic N) is 5. The molecule has 2 aromatic carbocycles. The number of carbonyl (C=O) groups is 1. The number of aromatic hydroxyl groups is 1. The highest BCUT2D eigenvalue weighted by Gasteiger charge is 2.20. The molecule has 0 bridgehead atoms. The van der Waals surface area contributed by atoms with Gasteiger partial charge in [0.05, 0.1) is 6.20 Å². The first-order valence-corrected chi connectivity index (χ1v) is 12.4. The Morgan fingerprint density at radius 3 is 2.50 bits per heavy atom. The molecular formula is C28H30N6O2. The number of hydrogen-bond donors (Lipinski definition) is 2. The Kier molecular flexibility index (Phi) is 7.04. The van der Waals surface area contributed by atoms with Crippen LogP contribution in [0.1, 0.15) is 29.4 Å². The first-order valence-electron chi connectivity index (χ1n) is 12.4. The van der Waals surface area contributed by atoms with Crippen LogP contribution in [0.25, 0.3) is 21.9 Å². The minimum atomic E-state index is -0.181. The van der Waals surface area contributed by atoms with Gasteiger partial charge in [-0.1, -0.05) is 43.3 Å². The zero-order valence-corrected chi connectivity index (χ0v) is 20.4. The molecule has 1 aliphatic heterocycles. The minimum Gasteiger partial charge on any atom is -0.506 e. The number of fused-ring (bicyclic) bond motifs is 1. The standard InChI is InChI=1S/C28H30N6O2/c1-2-11-30-28(36)26-9-10-27(32-31-26)34-14-12-33(13-15-34)19-20-7-8-24(21-16-22(35)18-29-17-21)25-6-4-3-5-23(20)25/h3-10,16-18,35H,2,11-15,19H2,1H3,(H,30,36). The molecule has 8 nitrogen and oxygen atoms in total. The number of amides is 1. The van der Waals surface area contributed by atoms with Gasteiger partial charge in [0, 0.05) is 51.0 Å². The van der Waals surface area contributed by atoms with Crippen LogP contribution in [0.5, 0.6) is 5.75 Å². The predicted molar refractivity (Wildman–Crippen MR) is 141 cm³/mol. The van der Waals surface area contributed by atoms with E-state index in [0.717, 1.165) is 61.5 Å². The highest BCUT2D eigenvalue weighted by atomic mass is 16.3. The second-order valence-corrected chi connectivity index (χ2v) is 9.05. The highest BCUT2D eigenvalue weighted by molar-refractivity contribution is 5.98. The van der Waals surface area contributed by atoms with Crippen LogP contribution < -0.4 is 10.2 Å². The maximum absolute atomic E-state index is 12.1. The van der Waals surface area contributed by atoms with Crippen LogP contribution in [-0.4, -0.2) is 63.8 Å². The van der Waals surface area contributed by atoms with E-state index in [9.17, 15) is 9.90 Å². The zero-order valence-electron chi connectivity index (χ0n) is 20.4. The topological polar surface area (TPSA) is 94.5 Å². The number of pyridine rings is 1. The largest absolute Gasteiger partial charge is 0.506 e. The van der Waals surface area contributed by atoms with Crippen molar-refractivity contribution < 1.29 is 9.90 Å². The molecule has 2 N–H and O–H groups in total. The molecular weight excluding hydrogens is 452 g/mol. The van der Waals surface area contributed by atoms with Crippen LogP contribution in [0, 0.1) is 0 Å². The molecule has 8 heteroatoms. The number of hydrogen-bond acceptors (Lipinski definition) is 7. The van der Waals surface area contributed by atoms with Crippen LogP contribution >= 0.6 is 0 Å². The van der Waals surface area contributed by atoms with Gasteiger partial charge in [0.15, 0.2) is 11.5 Å². The maximum Gasteiger partial charge on any atom is 0.271 e. The normalized spacial score (nSPS) is 14.2. The fourth-order valence-electron chi connectivity index (χ4n) is 4.65. The van der Waals surface area contributed by atoms with Gasteiger partial charge in [-0.05, 0) is 46.5 Å². The molecule has 5 rings (SSSR count). The fourth-order valence-corrected chi connectivity index (χ4v) is 4.65. The van der Waals surface area contributed by atoms with Crippen LogP contribution in [0.2, 0.25) is 0 Å². The van der Waals surface area contributed by atoms with Gasteiger partial charge in [-0.3, -0.25) is 14.7 Å². The molecule has 1 saturated heterocycles. The Labute approximate surface area is 210 Å². The monoisotopic (exact) mass is 482 g/mol. The molecule has 184 valence electrons. The van der Waals surface area contributed by atoms with Gasteiger partial charge >= 0.3 is 0 Å². The lowest BCUT2D eigenvalue weighted by molar-refractivity contribution is 0.0947. The van der Waals surface area contributed by atoms with Gasteiger partial charge in [0.2, 0.25) is 0 Å². The minimum absolute atomic E-state index is 0.164. The van der Waals surface area contributed by atoms with Gasteiger partial charge in [-0.15, -0.1) is 10.2 Å². The van der Waals surface area contributed by atoms with Crippen molar-refractivity contribution in [1.29, 1.82) is 0 Å². The second-order valence-electron chi connectivity index (χ2n) is 9.05. The Morgan fingerprint density at radius 1 is 0.972 bits per heavy atom. The van der Waals surface area contributed by atoms with E-state index in [1.165, 1.54) is 17.1 Å². The van der Waals surface area contributed by atoms with Crippen LogP contribution in [0.4, 0.5) is 5.82 Å². The molecule has 1 amide bonds. The Bertz CT molecular complexity index is 1350. The molecule has 0 radical (unpaired) electrons. The van der Waals surface area contributed by atoms with Crippen molar-refractivity contribution in [2.24, 2.45) is 0 Å². The summed E-state index contributed by atoms with van der Waals surface area (Å²) in [6, 6.07) is 18.1. The van der Waals surface area contributed by atoms with Crippen molar-refractivity contribution in [3.05, 3.63) is 78.2 Å². The lowest BCUT2D eigenvalue weighted by atomic mass is 9.95. The van der Waals surface area contributed by atoms with E-state index < -0.39 is 0 Å². The molecule has 0 atom stereocenters. The summed E-state index contributed by atoms with van der Waals surface area (Å²) in [5, 5.41) is 23.5. The van der Waals surface area contributed by atoms with Crippen molar-refractivity contribution in [3.8, 4) is 16.9 Å². The number of carbonyl (C=O) groups excluding carboxylic acids is 1. The number of piperazine rings is 1. The third-order valence-corrected chi connectivity index (χ3v) is 6.56. The number of benzene rings is 2. The molecule has 1 aliphatic rings. The summed E-state index contributed by atoms with van der Waals surface area (Å²) < 4.78 is 0. The maximum atomic E-state index is 12.1. The Morgan fingerprint density at radius 2 is 1.78 bits per heavy atom. The van der Waals surface area contributed by atoms with Crippen molar-refractivity contribution in [2.75, 3.05) is 37.6 Å². The van der Waals surface area contributed by atoms with E-state index in [1.54, 1.807) is 18.3 Å². The molecule has 36 heavy (non-hydrogen) atoms. The van der Waals surface area contributed by atoms with Gasteiger partial charge < -0.3 is 15.3 Å². The number of aromatic nitrogens is 3. The summed E-state index contributed by atoms with van der Waals surface area (Å²) in [6.07, 6.45) is 4.12. The zero-order chi connectivity index (χ0) is 24.9. The van der Waals surface area contributed by atoms with E-state index in [1.807, 2.05) is 19.1 Å². The molecule has 3 heterocycles. The van der Waals surface area contributed by atoms with E-state index in [4.69, 9.17) is 0 Å². The van der Waals surface area contributed by atoms with Crippen LogP contribution in [0.3, 0.4) is 0 Å². The first-order chi connectivity index (χ1) is 17.6. The SMILES string of the molecule is CCCNC(=O)c1ccc(N2CCN(Cc3ccc(-c4cncc(O)c4)c4ccccc34)CC2)nn1. The van der Waals surface area contributed by atoms with Crippen molar-refractivity contribution in [2.45, 2.75) is 19.9 Å². The van der Waals surface area contributed by atoms with Crippen LogP contribution in [-0.2, 0) is 6.54 Å². The smallest absolute Gasteiger partial charge is 0.271 e. The molecule has 2 aromatic heterocycles. The highest BCUT2D eigenvalue weighted by Crippen LogP contribution is 2.32. The first kappa shape index (κ1) is 23.7. The van der Waals surface area contributed by atoms with Gasteiger partial charge in [-0.2, -0.15) is 0 Å². The van der Waals surface area contributed by atoms with Crippen molar-refractivity contribution in [1.82, 2.24) is 25.4 Å². The summed E-state index contributed by atoms with van der Waals surface area (Å²) in [4.78, 5) is 20.9. The fraction of sp³-hybridized carbons (Fsp3) is 0.286. The van der Waals surface area contributed by atoms with Gasteiger partial charge in [-0.25, -0.2) is 0 Å². The Hall–Kier alpha value is -4.04. The molecule has 0 spiro atoms. The molecule has 4 aromatic rings. The van der Waals surface area contributed by atoms with Gasteiger partial charge in [0.1, 0.15) is 5.75 Å². The predicted octanol–water partition coefficient (Wildman–Crippen LogP) is 3.86. The Balaban J connectivity index is 1.26. The molecule has 0 aliphatic carbocycles. The lowest BCUT2D eigenvalue weighted by Gasteiger charge is -2.35. The van der Waals surface area contributed by atoms with E-state index in [0.29, 0.717) is 12.2 Å². The number of nitrogens with one attached hydrogen (secondary N) is 1. The summed E-state index contributed by atoms with van der Waals surface area (Å²) in [5.74, 6) is 0.785. The third-order valence-electron chi connectivity index (χ3n) is 6.56. The lowest BCUT2D eigenvalue weighted by Crippen LogP contribution is -2.46. The summed E-state index contributed by atoms with van der Waals surface area (Å²) in [7, 11) is 0. The second kappa shape index (κ2) is 10.7.